The first-order chi connectivity index (χ1) is 7.20. The lowest BCUT2D eigenvalue weighted by Gasteiger charge is -2.08. The zero-order valence-electron chi connectivity index (χ0n) is 8.44. The Hall–Kier alpha value is -0.880. The summed E-state index contributed by atoms with van der Waals surface area (Å²) in [4.78, 5) is 0. The molecular formula is C11H12IN3. The van der Waals surface area contributed by atoms with E-state index in [-0.39, 0.29) is 0 Å². The highest BCUT2D eigenvalue weighted by atomic mass is 127. The molecule has 3 nitrogen and oxygen atoms in total. The third kappa shape index (κ3) is 2.21. The van der Waals surface area contributed by atoms with Crippen LogP contribution in [0.1, 0.15) is 11.1 Å². The second kappa shape index (κ2) is 4.32. The standard InChI is InChI=1S/C11H12IN3/c1-8-2-3-9(5-13)11(4-8)15-7-10(12)6-14-15/h2-4,6-7H,5,13H2,1H3. The highest BCUT2D eigenvalue weighted by molar-refractivity contribution is 14.1. The van der Waals surface area contributed by atoms with Gasteiger partial charge in [0, 0.05) is 12.7 Å². The Morgan fingerprint density at radius 1 is 1.47 bits per heavy atom. The Labute approximate surface area is 102 Å². The third-order valence-corrected chi connectivity index (χ3v) is 2.82. The molecule has 0 aliphatic carbocycles. The van der Waals surface area contributed by atoms with Crippen LogP contribution in [0.4, 0.5) is 0 Å². The van der Waals surface area contributed by atoms with E-state index in [9.17, 15) is 0 Å². The molecule has 0 fully saturated rings. The molecule has 15 heavy (non-hydrogen) atoms. The molecule has 2 rings (SSSR count). The molecule has 2 N–H and O–H groups in total. The average molecular weight is 313 g/mol. The first kappa shape index (κ1) is 10.6. The van der Waals surface area contributed by atoms with Gasteiger partial charge in [-0.25, -0.2) is 4.68 Å². The van der Waals surface area contributed by atoms with Crippen LogP contribution in [-0.2, 0) is 6.54 Å². The Morgan fingerprint density at radius 3 is 2.87 bits per heavy atom. The molecule has 0 saturated heterocycles. The van der Waals surface area contributed by atoms with E-state index >= 15 is 0 Å². The van der Waals surface area contributed by atoms with Crippen molar-refractivity contribution in [2.75, 3.05) is 0 Å². The molecule has 0 unspecified atom stereocenters. The predicted octanol–water partition coefficient (Wildman–Crippen LogP) is 2.24. The van der Waals surface area contributed by atoms with E-state index in [1.54, 1.807) is 0 Å². The summed E-state index contributed by atoms with van der Waals surface area (Å²) in [5, 5.41) is 4.29. The maximum absolute atomic E-state index is 5.70. The fourth-order valence-corrected chi connectivity index (χ4v) is 1.88. The maximum Gasteiger partial charge on any atom is 0.0693 e. The molecule has 0 atom stereocenters. The minimum absolute atomic E-state index is 0.534. The number of hydrogen-bond donors (Lipinski definition) is 1. The van der Waals surface area contributed by atoms with Crippen molar-refractivity contribution in [1.29, 1.82) is 0 Å². The molecular weight excluding hydrogens is 301 g/mol. The topological polar surface area (TPSA) is 43.8 Å². The van der Waals surface area contributed by atoms with E-state index in [2.05, 4.69) is 52.8 Å². The minimum Gasteiger partial charge on any atom is -0.326 e. The maximum atomic E-state index is 5.70. The molecule has 0 saturated carbocycles. The van der Waals surface area contributed by atoms with E-state index in [0.717, 1.165) is 14.8 Å². The van der Waals surface area contributed by atoms with Gasteiger partial charge in [0.25, 0.3) is 0 Å². The van der Waals surface area contributed by atoms with Crippen molar-refractivity contribution in [2.24, 2.45) is 5.73 Å². The van der Waals surface area contributed by atoms with Gasteiger partial charge in [-0.1, -0.05) is 12.1 Å². The van der Waals surface area contributed by atoms with Crippen molar-refractivity contribution in [3.63, 3.8) is 0 Å². The van der Waals surface area contributed by atoms with Crippen LogP contribution in [0.5, 0.6) is 0 Å². The SMILES string of the molecule is Cc1ccc(CN)c(-n2cc(I)cn2)c1. The summed E-state index contributed by atoms with van der Waals surface area (Å²) in [7, 11) is 0. The molecule has 2 aromatic rings. The van der Waals surface area contributed by atoms with Gasteiger partial charge in [-0.3, -0.25) is 0 Å². The zero-order chi connectivity index (χ0) is 10.8. The summed E-state index contributed by atoms with van der Waals surface area (Å²) >= 11 is 2.25. The van der Waals surface area contributed by atoms with Crippen molar-refractivity contribution >= 4 is 22.6 Å². The molecule has 0 aliphatic rings. The summed E-state index contributed by atoms with van der Waals surface area (Å²) in [5.74, 6) is 0. The smallest absolute Gasteiger partial charge is 0.0693 e. The molecule has 0 bridgehead atoms. The van der Waals surface area contributed by atoms with Crippen LogP contribution < -0.4 is 5.73 Å². The fourth-order valence-electron chi connectivity index (χ4n) is 1.49. The van der Waals surface area contributed by atoms with E-state index in [0.29, 0.717) is 6.54 Å². The largest absolute Gasteiger partial charge is 0.326 e. The molecule has 1 aromatic carbocycles. The van der Waals surface area contributed by atoms with Crippen LogP contribution in [0.25, 0.3) is 5.69 Å². The zero-order valence-corrected chi connectivity index (χ0v) is 10.6. The van der Waals surface area contributed by atoms with Crippen molar-refractivity contribution < 1.29 is 0 Å². The lowest BCUT2D eigenvalue weighted by Crippen LogP contribution is -2.05. The molecule has 1 heterocycles. The van der Waals surface area contributed by atoms with Gasteiger partial charge in [0.05, 0.1) is 15.5 Å². The summed E-state index contributed by atoms with van der Waals surface area (Å²) < 4.78 is 2.99. The molecule has 0 amide bonds. The Bertz CT molecular complexity index is 476. The minimum atomic E-state index is 0.534. The van der Waals surface area contributed by atoms with Crippen molar-refractivity contribution in [2.45, 2.75) is 13.5 Å². The Balaban J connectivity index is 2.55. The summed E-state index contributed by atoms with van der Waals surface area (Å²) in [6.45, 7) is 2.60. The van der Waals surface area contributed by atoms with Crippen molar-refractivity contribution in [3.8, 4) is 5.69 Å². The van der Waals surface area contributed by atoms with Crippen LogP contribution >= 0.6 is 22.6 Å². The average Bonchev–Trinajstić information content (AvgIpc) is 2.65. The highest BCUT2D eigenvalue weighted by Gasteiger charge is 2.04. The van der Waals surface area contributed by atoms with Gasteiger partial charge in [0.1, 0.15) is 0 Å². The predicted molar refractivity (Wildman–Crippen MR) is 68.9 cm³/mol. The van der Waals surface area contributed by atoms with E-state index < -0.39 is 0 Å². The van der Waals surface area contributed by atoms with Crippen LogP contribution in [0, 0.1) is 10.5 Å². The Morgan fingerprint density at radius 2 is 2.27 bits per heavy atom. The number of hydrogen-bond acceptors (Lipinski definition) is 2. The number of aryl methyl sites for hydroxylation is 1. The van der Waals surface area contributed by atoms with Crippen LogP contribution in [0.15, 0.2) is 30.6 Å². The number of halogens is 1. The van der Waals surface area contributed by atoms with Gasteiger partial charge < -0.3 is 5.73 Å². The monoisotopic (exact) mass is 313 g/mol. The molecule has 4 heteroatoms. The first-order valence-electron chi connectivity index (χ1n) is 4.71. The number of rotatable bonds is 2. The molecule has 78 valence electrons. The summed E-state index contributed by atoms with van der Waals surface area (Å²) in [6.07, 6.45) is 3.83. The van der Waals surface area contributed by atoms with Gasteiger partial charge in [-0.15, -0.1) is 0 Å². The first-order valence-corrected chi connectivity index (χ1v) is 5.78. The van der Waals surface area contributed by atoms with Gasteiger partial charge in [0.15, 0.2) is 0 Å². The van der Waals surface area contributed by atoms with Gasteiger partial charge in [0.2, 0.25) is 0 Å². The lowest BCUT2D eigenvalue weighted by atomic mass is 10.1. The molecule has 1 aromatic heterocycles. The summed E-state index contributed by atoms with van der Waals surface area (Å²) in [5.41, 5.74) is 9.10. The molecule has 0 radical (unpaired) electrons. The second-order valence-corrected chi connectivity index (χ2v) is 4.69. The fraction of sp³-hybridized carbons (Fsp3) is 0.182. The normalized spacial score (nSPS) is 10.6. The third-order valence-electron chi connectivity index (χ3n) is 2.26. The highest BCUT2D eigenvalue weighted by Crippen LogP contribution is 2.16. The lowest BCUT2D eigenvalue weighted by molar-refractivity contribution is 0.857. The number of nitrogens with zero attached hydrogens (tertiary/aromatic N) is 2. The van der Waals surface area contributed by atoms with Crippen molar-refractivity contribution in [3.05, 3.63) is 45.3 Å². The van der Waals surface area contributed by atoms with Gasteiger partial charge >= 0.3 is 0 Å². The molecule has 0 aliphatic heterocycles. The second-order valence-electron chi connectivity index (χ2n) is 3.44. The van der Waals surface area contributed by atoms with E-state index in [1.807, 2.05) is 17.1 Å². The van der Waals surface area contributed by atoms with Crippen LogP contribution in [0.2, 0.25) is 0 Å². The van der Waals surface area contributed by atoms with Gasteiger partial charge in [-0.05, 0) is 46.7 Å². The van der Waals surface area contributed by atoms with E-state index in [4.69, 9.17) is 5.73 Å². The number of aromatic nitrogens is 2. The Kier molecular flexibility index (Phi) is 3.06. The number of nitrogens with two attached hydrogens (primary N) is 1. The quantitative estimate of drug-likeness (QED) is 0.864. The van der Waals surface area contributed by atoms with E-state index in [1.165, 1.54) is 5.56 Å². The van der Waals surface area contributed by atoms with Crippen LogP contribution in [0.3, 0.4) is 0 Å². The summed E-state index contributed by atoms with van der Waals surface area (Å²) in [6, 6.07) is 6.23. The number of benzene rings is 1. The van der Waals surface area contributed by atoms with Crippen molar-refractivity contribution in [1.82, 2.24) is 9.78 Å². The van der Waals surface area contributed by atoms with Gasteiger partial charge in [-0.2, -0.15) is 5.10 Å². The van der Waals surface area contributed by atoms with Crippen LogP contribution in [-0.4, -0.2) is 9.78 Å². The molecule has 0 spiro atoms.